The van der Waals surface area contributed by atoms with E-state index in [0.717, 1.165) is 24.5 Å². The molecule has 0 radical (unpaired) electrons. The molecule has 8 nitrogen and oxygen atoms in total. The summed E-state index contributed by atoms with van der Waals surface area (Å²) in [5.41, 5.74) is -0.257. The Bertz CT molecular complexity index is 610. The predicted molar refractivity (Wildman–Crippen MR) is 69.0 cm³/mol. The lowest BCUT2D eigenvalue weighted by Crippen LogP contribution is -2.10. The fraction of sp³-hybridized carbons (Fsp3) is 0.300. The molecule has 0 unspecified atom stereocenters. The number of benzene rings is 1. The number of non-ortho nitro benzene ring substituents is 1. The fourth-order valence-corrected chi connectivity index (χ4v) is 2.26. The van der Waals surface area contributed by atoms with Crippen LogP contribution < -0.4 is 4.74 Å². The Morgan fingerprint density at radius 3 is 2.53 bits per heavy atom. The molecule has 9 heteroatoms. The molecule has 104 valence electrons. The molecular weight excluding hydrogens is 274 g/mol. The van der Waals surface area contributed by atoms with Crippen molar-refractivity contribution in [3.05, 3.63) is 28.3 Å². The normalized spacial score (nSPS) is 11.5. The first kappa shape index (κ1) is 14.9. The topological polar surface area (TPSA) is 102 Å². The zero-order valence-electron chi connectivity index (χ0n) is 10.6. The third-order valence-corrected chi connectivity index (χ3v) is 3.32. The van der Waals surface area contributed by atoms with Crippen LogP contribution in [0, 0.1) is 10.1 Å². The Balaban J connectivity index is 3.31. The van der Waals surface area contributed by atoms with E-state index in [0.29, 0.717) is 0 Å². The second-order valence-corrected chi connectivity index (χ2v) is 5.35. The summed E-state index contributed by atoms with van der Waals surface area (Å²) >= 11 is 0. The van der Waals surface area contributed by atoms with Crippen LogP contribution in [-0.2, 0) is 10.0 Å². The highest BCUT2D eigenvalue weighted by Crippen LogP contribution is 2.29. The minimum atomic E-state index is -3.96. The Hall–Kier alpha value is -2.16. The van der Waals surface area contributed by atoms with Gasteiger partial charge in [-0.25, -0.2) is 0 Å². The van der Waals surface area contributed by atoms with E-state index in [1.807, 2.05) is 0 Å². The minimum absolute atomic E-state index is 0.120. The molecule has 0 amide bonds. The molecule has 19 heavy (non-hydrogen) atoms. The standard InChI is InChI=1S/C10H13N3O5S/c1-12(2)7-11-19(16,17)10-5-4-8(13(14)15)6-9(10)18-3/h4-7H,1-3H3/b11-7-. The summed E-state index contributed by atoms with van der Waals surface area (Å²) in [5.74, 6) is -0.120. The molecule has 0 aliphatic rings. The summed E-state index contributed by atoms with van der Waals surface area (Å²) in [4.78, 5) is 11.2. The van der Waals surface area contributed by atoms with Crippen molar-refractivity contribution in [2.24, 2.45) is 4.40 Å². The van der Waals surface area contributed by atoms with E-state index in [1.54, 1.807) is 14.1 Å². The van der Waals surface area contributed by atoms with Crippen LogP contribution >= 0.6 is 0 Å². The number of nitrogens with zero attached hydrogens (tertiary/aromatic N) is 3. The zero-order valence-corrected chi connectivity index (χ0v) is 11.4. The number of nitro groups is 1. The highest BCUT2D eigenvalue weighted by Gasteiger charge is 2.21. The summed E-state index contributed by atoms with van der Waals surface area (Å²) in [5, 5.41) is 10.6. The van der Waals surface area contributed by atoms with Gasteiger partial charge in [0.25, 0.3) is 15.7 Å². The molecule has 0 aliphatic carbocycles. The number of ether oxygens (including phenoxy) is 1. The first-order chi connectivity index (χ1) is 8.77. The van der Waals surface area contributed by atoms with Gasteiger partial charge in [-0.1, -0.05) is 0 Å². The minimum Gasteiger partial charge on any atom is -0.495 e. The summed E-state index contributed by atoms with van der Waals surface area (Å²) in [6, 6.07) is 3.22. The van der Waals surface area contributed by atoms with E-state index in [9.17, 15) is 18.5 Å². The van der Waals surface area contributed by atoms with Gasteiger partial charge in [0.2, 0.25) is 0 Å². The van der Waals surface area contributed by atoms with E-state index in [1.165, 1.54) is 12.0 Å². The van der Waals surface area contributed by atoms with Gasteiger partial charge in [0, 0.05) is 20.2 Å². The van der Waals surface area contributed by atoms with Crippen molar-refractivity contribution in [2.75, 3.05) is 21.2 Å². The average molecular weight is 287 g/mol. The first-order valence-electron chi connectivity index (χ1n) is 5.07. The third kappa shape index (κ3) is 3.65. The van der Waals surface area contributed by atoms with Crippen molar-refractivity contribution < 1.29 is 18.1 Å². The number of nitro benzene ring substituents is 1. The largest absolute Gasteiger partial charge is 0.495 e. The number of hydrogen-bond acceptors (Lipinski definition) is 5. The quantitative estimate of drug-likeness (QED) is 0.345. The smallest absolute Gasteiger partial charge is 0.287 e. The predicted octanol–water partition coefficient (Wildman–Crippen LogP) is 0.882. The van der Waals surface area contributed by atoms with Crippen LogP contribution in [0.25, 0.3) is 0 Å². The number of sulfonamides is 1. The van der Waals surface area contributed by atoms with Gasteiger partial charge in [-0.15, -0.1) is 4.40 Å². The van der Waals surface area contributed by atoms with Gasteiger partial charge < -0.3 is 9.64 Å². The second-order valence-electron chi connectivity index (χ2n) is 3.75. The maximum Gasteiger partial charge on any atom is 0.287 e. The maximum absolute atomic E-state index is 11.9. The zero-order chi connectivity index (χ0) is 14.6. The van der Waals surface area contributed by atoms with Crippen LogP contribution in [0.4, 0.5) is 5.69 Å². The molecule has 0 atom stereocenters. The van der Waals surface area contributed by atoms with Crippen LogP contribution in [0.2, 0.25) is 0 Å². The molecule has 0 saturated heterocycles. The Morgan fingerprint density at radius 2 is 2.05 bits per heavy atom. The number of hydrogen-bond donors (Lipinski definition) is 0. The molecule has 0 bridgehead atoms. The third-order valence-electron chi connectivity index (χ3n) is 2.05. The first-order valence-corrected chi connectivity index (χ1v) is 6.51. The van der Waals surface area contributed by atoms with Crippen molar-refractivity contribution in [2.45, 2.75) is 4.90 Å². The average Bonchev–Trinajstić information content (AvgIpc) is 2.35. The van der Waals surface area contributed by atoms with Crippen molar-refractivity contribution in [1.29, 1.82) is 0 Å². The molecule has 1 rings (SSSR count). The lowest BCUT2D eigenvalue weighted by molar-refractivity contribution is -0.385. The number of methoxy groups -OCH3 is 1. The lowest BCUT2D eigenvalue weighted by Gasteiger charge is -2.07. The summed E-state index contributed by atoms with van der Waals surface area (Å²) in [7, 11) is 0.504. The molecule has 0 N–H and O–H groups in total. The molecule has 0 fully saturated rings. The molecule has 1 aromatic rings. The van der Waals surface area contributed by atoms with Gasteiger partial charge in [0.1, 0.15) is 17.0 Å². The van der Waals surface area contributed by atoms with Crippen LogP contribution in [0.5, 0.6) is 5.75 Å². The molecule has 0 heterocycles. The van der Waals surface area contributed by atoms with Crippen LogP contribution in [0.3, 0.4) is 0 Å². The highest BCUT2D eigenvalue weighted by molar-refractivity contribution is 7.90. The molecule has 0 aliphatic heterocycles. The van der Waals surface area contributed by atoms with Gasteiger partial charge in [-0.3, -0.25) is 10.1 Å². The van der Waals surface area contributed by atoms with Gasteiger partial charge in [-0.2, -0.15) is 8.42 Å². The lowest BCUT2D eigenvalue weighted by atomic mass is 10.3. The van der Waals surface area contributed by atoms with E-state index in [4.69, 9.17) is 4.74 Å². The maximum atomic E-state index is 11.9. The second kappa shape index (κ2) is 5.65. The summed E-state index contributed by atoms with van der Waals surface area (Å²) < 4.78 is 32.1. The van der Waals surface area contributed by atoms with Crippen LogP contribution in [0.1, 0.15) is 0 Å². The van der Waals surface area contributed by atoms with E-state index < -0.39 is 14.9 Å². The number of rotatable bonds is 5. The van der Waals surface area contributed by atoms with Crippen LogP contribution in [-0.4, -0.2) is 45.8 Å². The van der Waals surface area contributed by atoms with Crippen molar-refractivity contribution in [3.8, 4) is 5.75 Å². The van der Waals surface area contributed by atoms with E-state index in [2.05, 4.69) is 4.40 Å². The fourth-order valence-electron chi connectivity index (χ4n) is 1.20. The summed E-state index contributed by atoms with van der Waals surface area (Å²) in [6.45, 7) is 0. The van der Waals surface area contributed by atoms with Crippen molar-refractivity contribution >= 4 is 22.0 Å². The van der Waals surface area contributed by atoms with E-state index >= 15 is 0 Å². The molecular formula is C10H13N3O5S. The summed E-state index contributed by atoms with van der Waals surface area (Å²) in [6.07, 6.45) is 1.12. The van der Waals surface area contributed by atoms with Gasteiger partial charge in [0.15, 0.2) is 0 Å². The highest BCUT2D eigenvalue weighted by atomic mass is 32.2. The molecule has 0 aromatic heterocycles. The van der Waals surface area contributed by atoms with E-state index in [-0.39, 0.29) is 16.3 Å². The SMILES string of the molecule is COc1cc([N+](=O)[O-])ccc1S(=O)(=O)/N=C\N(C)C. The monoisotopic (exact) mass is 287 g/mol. The molecule has 0 saturated carbocycles. The molecule has 1 aromatic carbocycles. The van der Waals surface area contributed by atoms with Crippen LogP contribution in [0.15, 0.2) is 27.5 Å². The van der Waals surface area contributed by atoms with Gasteiger partial charge in [0.05, 0.1) is 18.1 Å². The Labute approximate surface area is 110 Å². The van der Waals surface area contributed by atoms with Crippen molar-refractivity contribution in [1.82, 2.24) is 4.90 Å². The van der Waals surface area contributed by atoms with Crippen molar-refractivity contribution in [3.63, 3.8) is 0 Å². The molecule has 0 spiro atoms. The van der Waals surface area contributed by atoms with Gasteiger partial charge in [-0.05, 0) is 6.07 Å². The Morgan fingerprint density at radius 1 is 1.42 bits per heavy atom. The Kier molecular flexibility index (Phi) is 4.43. The van der Waals surface area contributed by atoms with Gasteiger partial charge >= 0.3 is 0 Å².